The van der Waals surface area contributed by atoms with Crippen LogP contribution in [0.15, 0.2) is 12.8 Å². The second-order valence-corrected chi connectivity index (χ2v) is 5.40. The van der Waals surface area contributed by atoms with Gasteiger partial charge in [-0.15, -0.1) is 0 Å². The molecule has 4 nitrogen and oxygen atoms in total. The zero-order valence-corrected chi connectivity index (χ0v) is 11.5. The number of rotatable bonds is 5. The van der Waals surface area contributed by atoms with E-state index < -0.39 is 0 Å². The molecule has 2 unspecified atom stereocenters. The fourth-order valence-corrected chi connectivity index (χ4v) is 3.36. The van der Waals surface area contributed by atoms with Gasteiger partial charge in [0.25, 0.3) is 0 Å². The van der Waals surface area contributed by atoms with Gasteiger partial charge in [0.2, 0.25) is 5.91 Å². The lowest BCUT2D eigenvalue weighted by Crippen LogP contribution is -2.51. The van der Waals surface area contributed by atoms with E-state index in [4.69, 9.17) is 4.74 Å². The highest BCUT2D eigenvalue weighted by atomic mass is 16.5. The molecule has 1 amide bonds. The Labute approximate surface area is 110 Å². The summed E-state index contributed by atoms with van der Waals surface area (Å²) in [5.74, 6) is 0.268. The third-order valence-corrected chi connectivity index (χ3v) is 4.38. The van der Waals surface area contributed by atoms with E-state index in [-0.39, 0.29) is 5.91 Å². The molecule has 2 rings (SSSR count). The van der Waals surface area contributed by atoms with Gasteiger partial charge >= 0.3 is 0 Å². The molecule has 4 heteroatoms. The average molecular weight is 252 g/mol. The Kier molecular flexibility index (Phi) is 4.27. The fraction of sp³-hybridized carbons (Fsp3) is 0.786. The van der Waals surface area contributed by atoms with E-state index in [0.29, 0.717) is 31.2 Å². The van der Waals surface area contributed by atoms with Gasteiger partial charge in [0, 0.05) is 32.3 Å². The van der Waals surface area contributed by atoms with E-state index in [0.717, 1.165) is 25.7 Å². The van der Waals surface area contributed by atoms with Crippen molar-refractivity contribution in [2.24, 2.45) is 0 Å². The summed E-state index contributed by atoms with van der Waals surface area (Å²) in [6.07, 6.45) is 6.89. The smallest absolute Gasteiger partial charge is 0.225 e. The second-order valence-electron chi connectivity index (χ2n) is 5.40. The zero-order chi connectivity index (χ0) is 13.1. The molecule has 2 fully saturated rings. The molecule has 0 N–H and O–H groups in total. The van der Waals surface area contributed by atoms with Crippen LogP contribution in [0, 0.1) is 0 Å². The first-order valence-electron chi connectivity index (χ1n) is 6.82. The van der Waals surface area contributed by atoms with Crippen LogP contribution in [0.5, 0.6) is 0 Å². The summed E-state index contributed by atoms with van der Waals surface area (Å²) < 4.78 is 5.00. The first-order chi connectivity index (χ1) is 8.67. The normalized spacial score (nSPS) is 30.3. The van der Waals surface area contributed by atoms with Crippen LogP contribution in [0.1, 0.15) is 32.1 Å². The van der Waals surface area contributed by atoms with Crippen molar-refractivity contribution in [3.63, 3.8) is 0 Å². The highest BCUT2D eigenvalue weighted by molar-refractivity contribution is 5.77. The predicted octanol–water partition coefficient (Wildman–Crippen LogP) is 1.62. The molecule has 2 aliphatic heterocycles. The molecule has 2 bridgehead atoms. The van der Waals surface area contributed by atoms with Gasteiger partial charge < -0.3 is 14.5 Å². The Morgan fingerprint density at radius 3 is 2.56 bits per heavy atom. The highest BCUT2D eigenvalue weighted by Gasteiger charge is 2.43. The number of fused-ring (bicyclic) bond motifs is 2. The quantitative estimate of drug-likeness (QED) is 0.745. The molecule has 0 spiro atoms. The van der Waals surface area contributed by atoms with Crippen molar-refractivity contribution in [2.75, 3.05) is 20.8 Å². The number of methoxy groups -OCH3 is 1. The molecule has 2 saturated heterocycles. The number of ether oxygens (including phenoxy) is 1. The third kappa shape index (κ3) is 2.53. The standard InChI is InChI=1S/C14H24N2O2/c1-4-15(2)13-9-11-5-6-12(10-13)16(11)14(17)7-8-18-3/h4,11-13H,1,5-10H2,2-3H3. The summed E-state index contributed by atoms with van der Waals surface area (Å²) >= 11 is 0. The van der Waals surface area contributed by atoms with E-state index in [9.17, 15) is 4.79 Å². The highest BCUT2D eigenvalue weighted by Crippen LogP contribution is 2.37. The van der Waals surface area contributed by atoms with E-state index in [1.807, 2.05) is 6.20 Å². The van der Waals surface area contributed by atoms with Gasteiger partial charge in [0.05, 0.1) is 13.0 Å². The molecular formula is C14H24N2O2. The number of piperidine rings is 1. The molecule has 0 aromatic rings. The number of carbonyl (C=O) groups is 1. The Morgan fingerprint density at radius 2 is 2.06 bits per heavy atom. The SMILES string of the molecule is C=CN(C)C1CC2CCC(C1)N2C(=O)CCOC. The summed E-state index contributed by atoms with van der Waals surface area (Å²) in [6, 6.07) is 1.41. The summed E-state index contributed by atoms with van der Waals surface area (Å²) in [4.78, 5) is 16.5. The molecule has 0 aromatic carbocycles. The Hall–Kier alpha value is -1.03. The van der Waals surface area contributed by atoms with Gasteiger partial charge in [-0.3, -0.25) is 4.79 Å². The molecule has 102 valence electrons. The maximum atomic E-state index is 12.2. The van der Waals surface area contributed by atoms with Crippen LogP contribution in [-0.2, 0) is 9.53 Å². The monoisotopic (exact) mass is 252 g/mol. The van der Waals surface area contributed by atoms with Crippen molar-refractivity contribution in [3.8, 4) is 0 Å². The lowest BCUT2D eigenvalue weighted by Gasteiger charge is -2.42. The molecule has 2 aliphatic rings. The predicted molar refractivity (Wildman–Crippen MR) is 71.1 cm³/mol. The largest absolute Gasteiger partial charge is 0.384 e. The molecular weight excluding hydrogens is 228 g/mol. The van der Waals surface area contributed by atoms with Crippen LogP contribution in [0.25, 0.3) is 0 Å². The van der Waals surface area contributed by atoms with Crippen molar-refractivity contribution in [3.05, 3.63) is 12.8 Å². The maximum Gasteiger partial charge on any atom is 0.225 e. The number of hydrogen-bond donors (Lipinski definition) is 0. The van der Waals surface area contributed by atoms with E-state index in [2.05, 4.69) is 23.4 Å². The first kappa shape index (κ1) is 13.4. The number of amides is 1. The molecule has 18 heavy (non-hydrogen) atoms. The number of nitrogens with zero attached hydrogens (tertiary/aromatic N) is 2. The topological polar surface area (TPSA) is 32.8 Å². The molecule has 0 aromatic heterocycles. The van der Waals surface area contributed by atoms with E-state index in [1.165, 1.54) is 0 Å². The molecule has 0 radical (unpaired) electrons. The van der Waals surface area contributed by atoms with Crippen molar-refractivity contribution in [1.29, 1.82) is 0 Å². The van der Waals surface area contributed by atoms with Crippen LogP contribution < -0.4 is 0 Å². The van der Waals surface area contributed by atoms with Crippen molar-refractivity contribution in [2.45, 2.75) is 50.2 Å². The molecule has 2 atom stereocenters. The minimum absolute atomic E-state index is 0.268. The van der Waals surface area contributed by atoms with Crippen LogP contribution >= 0.6 is 0 Å². The molecule has 0 saturated carbocycles. The maximum absolute atomic E-state index is 12.2. The first-order valence-corrected chi connectivity index (χ1v) is 6.82. The average Bonchev–Trinajstić information content (AvgIpc) is 2.65. The van der Waals surface area contributed by atoms with Crippen molar-refractivity contribution < 1.29 is 9.53 Å². The summed E-state index contributed by atoms with van der Waals surface area (Å²) in [5.41, 5.74) is 0. The minimum Gasteiger partial charge on any atom is -0.384 e. The van der Waals surface area contributed by atoms with Crippen LogP contribution in [-0.4, -0.2) is 54.6 Å². The Bertz CT molecular complexity index is 305. The fourth-order valence-electron chi connectivity index (χ4n) is 3.36. The van der Waals surface area contributed by atoms with Gasteiger partial charge in [0.1, 0.15) is 0 Å². The van der Waals surface area contributed by atoms with Crippen LogP contribution in [0.4, 0.5) is 0 Å². The number of carbonyl (C=O) groups excluding carboxylic acids is 1. The van der Waals surface area contributed by atoms with Crippen molar-refractivity contribution in [1.82, 2.24) is 9.80 Å². The van der Waals surface area contributed by atoms with Gasteiger partial charge in [-0.25, -0.2) is 0 Å². The lowest BCUT2D eigenvalue weighted by molar-refractivity contribution is -0.137. The number of hydrogen-bond acceptors (Lipinski definition) is 3. The zero-order valence-electron chi connectivity index (χ0n) is 11.5. The van der Waals surface area contributed by atoms with E-state index in [1.54, 1.807) is 7.11 Å². The summed E-state index contributed by atoms with van der Waals surface area (Å²) in [6.45, 7) is 4.36. The molecule has 2 heterocycles. The van der Waals surface area contributed by atoms with Crippen molar-refractivity contribution >= 4 is 5.91 Å². The lowest BCUT2D eigenvalue weighted by atomic mass is 9.96. The van der Waals surface area contributed by atoms with Gasteiger partial charge in [-0.2, -0.15) is 0 Å². The van der Waals surface area contributed by atoms with E-state index >= 15 is 0 Å². The minimum atomic E-state index is 0.268. The van der Waals surface area contributed by atoms with Crippen LogP contribution in [0.2, 0.25) is 0 Å². The van der Waals surface area contributed by atoms with Gasteiger partial charge in [-0.05, 0) is 31.9 Å². The third-order valence-electron chi connectivity index (χ3n) is 4.38. The van der Waals surface area contributed by atoms with Gasteiger partial charge in [-0.1, -0.05) is 6.58 Å². The summed E-state index contributed by atoms with van der Waals surface area (Å²) in [5, 5.41) is 0. The molecule has 0 aliphatic carbocycles. The summed E-state index contributed by atoms with van der Waals surface area (Å²) in [7, 11) is 3.73. The van der Waals surface area contributed by atoms with Crippen LogP contribution in [0.3, 0.4) is 0 Å². The Morgan fingerprint density at radius 1 is 1.44 bits per heavy atom. The Balaban J connectivity index is 1.97. The van der Waals surface area contributed by atoms with Gasteiger partial charge in [0.15, 0.2) is 0 Å². The second kappa shape index (κ2) is 5.74.